The summed E-state index contributed by atoms with van der Waals surface area (Å²) in [5.74, 6) is 0.369. The first-order valence-corrected chi connectivity index (χ1v) is 14.4. The van der Waals surface area contributed by atoms with Gasteiger partial charge in [0.05, 0.1) is 11.2 Å². The van der Waals surface area contributed by atoms with Crippen LogP contribution < -0.4 is 5.46 Å². The Morgan fingerprint density at radius 1 is 0.725 bits per heavy atom. The largest absolute Gasteiger partial charge is 0.427 e. The van der Waals surface area contributed by atoms with Crippen molar-refractivity contribution in [3.05, 3.63) is 108 Å². The first-order chi connectivity index (χ1) is 19.2. The van der Waals surface area contributed by atoms with Gasteiger partial charge in [0.15, 0.2) is 0 Å². The van der Waals surface area contributed by atoms with E-state index in [1.807, 2.05) is 27.7 Å². The van der Waals surface area contributed by atoms with Gasteiger partial charge in [-0.2, -0.15) is 0 Å². The van der Waals surface area contributed by atoms with E-state index in [0.29, 0.717) is 13.4 Å². The zero-order valence-corrected chi connectivity index (χ0v) is 24.2. The Balaban J connectivity index is 1.63. The van der Waals surface area contributed by atoms with E-state index in [4.69, 9.17) is 4.65 Å². The second-order valence-electron chi connectivity index (χ2n) is 12.2. The molecular formula is C37H37BO2. The molecule has 0 saturated carbocycles. The molecule has 0 heterocycles. The Hall–Kier alpha value is -3.66. The minimum absolute atomic E-state index is 0.369. The zero-order valence-electron chi connectivity index (χ0n) is 24.2. The molecule has 200 valence electrons. The van der Waals surface area contributed by atoms with Gasteiger partial charge in [0.2, 0.25) is 0 Å². The van der Waals surface area contributed by atoms with Crippen molar-refractivity contribution in [3.63, 3.8) is 0 Å². The van der Waals surface area contributed by atoms with Crippen molar-refractivity contribution >= 4 is 40.6 Å². The summed E-state index contributed by atoms with van der Waals surface area (Å²) in [5, 5.41) is 15.8. The van der Waals surface area contributed by atoms with E-state index >= 15 is 0 Å². The van der Waals surface area contributed by atoms with Crippen molar-refractivity contribution in [2.75, 3.05) is 0 Å². The lowest BCUT2D eigenvalue weighted by atomic mass is 9.70. The standard InChI is InChI=1S/C37H37BO2/c1-24-14-13-21-32-33(24)34(29-19-11-12-20-31(29)35(32)38-40-37(4,5)36(2,3)39)30-23-22-26(25-15-7-6-8-16-25)27-17-9-10-18-28(27)30/h6-13,15-24,38-39H,14H2,1-5H3. The quantitative estimate of drug-likeness (QED) is 0.226. The SMILES string of the molecule is CC1CC=Cc2c1c(-c1ccc(-c3ccccc3)c3ccccc13)c1ccccc1c2BOC(C)(C)C(C)(C)O. The van der Waals surface area contributed by atoms with Crippen LogP contribution in [0.5, 0.6) is 0 Å². The summed E-state index contributed by atoms with van der Waals surface area (Å²) in [7, 11) is 0.435. The number of rotatable bonds is 6. The third-order valence-corrected chi connectivity index (χ3v) is 9.00. The highest BCUT2D eigenvalue weighted by molar-refractivity contribution is 6.53. The summed E-state index contributed by atoms with van der Waals surface area (Å²) in [5.41, 5.74) is 7.25. The van der Waals surface area contributed by atoms with Gasteiger partial charge in [0, 0.05) is 0 Å². The highest BCUT2D eigenvalue weighted by Gasteiger charge is 2.36. The van der Waals surface area contributed by atoms with Gasteiger partial charge in [0.25, 0.3) is 0 Å². The van der Waals surface area contributed by atoms with Crippen LogP contribution in [-0.4, -0.2) is 23.8 Å². The number of aliphatic hydroxyl groups is 1. The third-order valence-electron chi connectivity index (χ3n) is 9.00. The minimum Gasteiger partial charge on any atom is -0.427 e. The van der Waals surface area contributed by atoms with Crippen molar-refractivity contribution in [1.82, 2.24) is 0 Å². The van der Waals surface area contributed by atoms with Crippen LogP contribution in [0.2, 0.25) is 0 Å². The molecule has 2 nitrogen and oxygen atoms in total. The number of fused-ring (bicyclic) bond motifs is 3. The summed E-state index contributed by atoms with van der Waals surface area (Å²) in [6.45, 7) is 9.90. The monoisotopic (exact) mass is 524 g/mol. The van der Waals surface area contributed by atoms with Crippen molar-refractivity contribution in [2.24, 2.45) is 0 Å². The number of benzene rings is 5. The molecule has 0 radical (unpaired) electrons. The molecule has 0 aromatic heterocycles. The molecule has 40 heavy (non-hydrogen) atoms. The maximum absolute atomic E-state index is 10.8. The second kappa shape index (κ2) is 10.1. The molecule has 0 aliphatic heterocycles. The Labute approximate surface area is 238 Å². The zero-order chi connectivity index (χ0) is 28.1. The van der Waals surface area contributed by atoms with Crippen molar-refractivity contribution in [2.45, 2.75) is 58.2 Å². The lowest BCUT2D eigenvalue weighted by Crippen LogP contribution is -2.49. The normalized spacial score (nSPS) is 15.4. The van der Waals surface area contributed by atoms with Gasteiger partial charge in [-0.15, -0.1) is 0 Å². The van der Waals surface area contributed by atoms with E-state index in [-0.39, 0.29) is 0 Å². The summed E-state index contributed by atoms with van der Waals surface area (Å²) in [6.07, 6.45) is 5.60. The molecule has 1 aliphatic carbocycles. The molecular weight excluding hydrogens is 487 g/mol. The molecule has 5 aromatic rings. The van der Waals surface area contributed by atoms with E-state index in [2.05, 4.69) is 110 Å². The molecule has 6 rings (SSSR count). The predicted molar refractivity (Wildman–Crippen MR) is 173 cm³/mol. The van der Waals surface area contributed by atoms with E-state index in [1.54, 1.807) is 0 Å². The van der Waals surface area contributed by atoms with Crippen LogP contribution in [0.15, 0.2) is 97.1 Å². The first kappa shape index (κ1) is 26.6. The van der Waals surface area contributed by atoms with Crippen molar-refractivity contribution in [1.29, 1.82) is 0 Å². The van der Waals surface area contributed by atoms with Gasteiger partial charge in [-0.05, 0) is 100 Å². The van der Waals surface area contributed by atoms with Gasteiger partial charge < -0.3 is 9.76 Å². The maximum Gasteiger partial charge on any atom is 0.310 e. The fourth-order valence-electron chi connectivity index (χ4n) is 6.02. The van der Waals surface area contributed by atoms with Gasteiger partial charge >= 0.3 is 7.48 Å². The Bertz CT molecular complexity index is 1740. The van der Waals surface area contributed by atoms with Gasteiger partial charge in [0.1, 0.15) is 0 Å². The molecule has 0 spiro atoms. The van der Waals surface area contributed by atoms with Crippen molar-refractivity contribution < 1.29 is 9.76 Å². The van der Waals surface area contributed by atoms with E-state index in [9.17, 15) is 5.11 Å². The van der Waals surface area contributed by atoms with Gasteiger partial charge in [-0.25, -0.2) is 0 Å². The number of hydrogen-bond acceptors (Lipinski definition) is 2. The molecule has 3 heteroatoms. The topological polar surface area (TPSA) is 29.5 Å². The van der Waals surface area contributed by atoms with Gasteiger partial charge in [-0.1, -0.05) is 110 Å². The fraction of sp³-hybridized carbons (Fsp3) is 0.243. The molecule has 1 atom stereocenters. The molecule has 1 aliphatic rings. The third kappa shape index (κ3) is 4.48. The van der Waals surface area contributed by atoms with Gasteiger partial charge in [-0.3, -0.25) is 0 Å². The summed E-state index contributed by atoms with van der Waals surface area (Å²) < 4.78 is 6.49. The van der Waals surface area contributed by atoms with Crippen LogP contribution in [0.3, 0.4) is 0 Å². The van der Waals surface area contributed by atoms with Crippen LogP contribution in [0.1, 0.15) is 58.1 Å². The van der Waals surface area contributed by atoms with E-state index < -0.39 is 11.2 Å². The van der Waals surface area contributed by atoms with Crippen molar-refractivity contribution in [3.8, 4) is 22.3 Å². The van der Waals surface area contributed by atoms with E-state index in [0.717, 1.165) is 6.42 Å². The summed E-state index contributed by atoms with van der Waals surface area (Å²) in [6, 6.07) is 32.8. The molecule has 0 fully saturated rings. The van der Waals surface area contributed by atoms with Crippen LogP contribution in [-0.2, 0) is 4.65 Å². The molecule has 5 aromatic carbocycles. The first-order valence-electron chi connectivity index (χ1n) is 14.4. The average Bonchev–Trinajstić information content (AvgIpc) is 2.95. The summed E-state index contributed by atoms with van der Waals surface area (Å²) in [4.78, 5) is 0. The predicted octanol–water partition coefficient (Wildman–Crippen LogP) is 8.39. The molecule has 0 bridgehead atoms. The van der Waals surface area contributed by atoms with E-state index in [1.165, 1.54) is 60.4 Å². The smallest absolute Gasteiger partial charge is 0.310 e. The van der Waals surface area contributed by atoms with Crippen LogP contribution >= 0.6 is 0 Å². The lowest BCUT2D eigenvalue weighted by molar-refractivity contribution is -0.0893. The Kier molecular flexibility index (Phi) is 6.69. The average molecular weight is 525 g/mol. The minimum atomic E-state index is -0.967. The Morgan fingerprint density at radius 3 is 1.98 bits per heavy atom. The molecule has 0 saturated heterocycles. The Morgan fingerprint density at radius 2 is 1.30 bits per heavy atom. The second-order valence-corrected chi connectivity index (χ2v) is 12.2. The highest BCUT2D eigenvalue weighted by Crippen LogP contribution is 2.45. The number of hydrogen-bond donors (Lipinski definition) is 1. The lowest BCUT2D eigenvalue weighted by Gasteiger charge is -2.38. The maximum atomic E-state index is 10.8. The molecule has 0 amide bonds. The fourth-order valence-corrected chi connectivity index (χ4v) is 6.02. The van der Waals surface area contributed by atoms with Crippen LogP contribution in [0, 0.1) is 0 Å². The number of allylic oxidation sites excluding steroid dienone is 1. The summed E-state index contributed by atoms with van der Waals surface area (Å²) >= 11 is 0. The van der Waals surface area contributed by atoms with Crippen LogP contribution in [0.25, 0.3) is 49.9 Å². The van der Waals surface area contributed by atoms with Crippen LogP contribution in [0.4, 0.5) is 0 Å². The highest BCUT2D eigenvalue weighted by atomic mass is 16.5. The molecule has 1 unspecified atom stereocenters. The molecule has 1 N–H and O–H groups in total.